The molecule has 0 saturated carbocycles. The van der Waals surface area contributed by atoms with Gasteiger partial charge in [-0.15, -0.1) is 0 Å². The Bertz CT molecular complexity index is 660. The van der Waals surface area contributed by atoms with Crippen LogP contribution in [0.4, 0.5) is 17.1 Å². The molecule has 0 atom stereocenters. The fourth-order valence-electron chi connectivity index (χ4n) is 1.72. The fraction of sp³-hybridized carbons (Fsp3) is 0.0714. The quantitative estimate of drug-likeness (QED) is 0.595. The summed E-state index contributed by atoms with van der Waals surface area (Å²) in [5, 5.41) is 3.16. The standard InChI is InChI=1S/C14H12Br2N2O2/c1-20-14(19)9-3-2-4-11(17)13(9)18-12-7-8(15)5-6-10(12)16/h2-7,18H,17H2,1H3. The highest BCUT2D eigenvalue weighted by molar-refractivity contribution is 9.11. The van der Waals surface area contributed by atoms with E-state index in [1.54, 1.807) is 18.2 Å². The van der Waals surface area contributed by atoms with Crippen molar-refractivity contribution in [3.8, 4) is 0 Å². The first-order valence-corrected chi connectivity index (χ1v) is 7.30. The Balaban J connectivity index is 2.47. The van der Waals surface area contributed by atoms with E-state index in [-0.39, 0.29) is 0 Å². The maximum Gasteiger partial charge on any atom is 0.340 e. The molecule has 2 aromatic carbocycles. The summed E-state index contributed by atoms with van der Waals surface area (Å²) in [6.45, 7) is 0. The van der Waals surface area contributed by atoms with Gasteiger partial charge in [0.1, 0.15) is 0 Å². The van der Waals surface area contributed by atoms with Crippen LogP contribution in [0.25, 0.3) is 0 Å². The molecule has 4 nitrogen and oxygen atoms in total. The van der Waals surface area contributed by atoms with E-state index in [4.69, 9.17) is 10.5 Å². The Kier molecular flexibility index (Phi) is 4.67. The number of rotatable bonds is 3. The molecule has 0 fully saturated rings. The number of nitrogens with one attached hydrogen (secondary N) is 1. The van der Waals surface area contributed by atoms with Gasteiger partial charge < -0.3 is 15.8 Å². The molecule has 0 spiro atoms. The van der Waals surface area contributed by atoms with Gasteiger partial charge in [0.05, 0.1) is 29.7 Å². The van der Waals surface area contributed by atoms with Crippen molar-refractivity contribution in [3.63, 3.8) is 0 Å². The number of benzene rings is 2. The third-order valence-corrected chi connectivity index (χ3v) is 3.87. The van der Waals surface area contributed by atoms with Crippen molar-refractivity contribution in [1.29, 1.82) is 0 Å². The van der Waals surface area contributed by atoms with E-state index in [9.17, 15) is 4.79 Å². The molecule has 0 heterocycles. The van der Waals surface area contributed by atoms with Crippen LogP contribution in [0.2, 0.25) is 0 Å². The van der Waals surface area contributed by atoms with Crippen LogP contribution in [0.3, 0.4) is 0 Å². The van der Waals surface area contributed by atoms with Gasteiger partial charge in [-0.25, -0.2) is 4.79 Å². The molecule has 0 aliphatic rings. The summed E-state index contributed by atoms with van der Waals surface area (Å²) in [6, 6.07) is 10.8. The number of carbonyl (C=O) groups is 1. The molecular formula is C14H12Br2N2O2. The first kappa shape index (κ1) is 14.9. The highest BCUT2D eigenvalue weighted by Gasteiger charge is 2.15. The lowest BCUT2D eigenvalue weighted by atomic mass is 10.1. The van der Waals surface area contributed by atoms with E-state index < -0.39 is 5.97 Å². The second-order valence-electron chi connectivity index (χ2n) is 4.01. The largest absolute Gasteiger partial charge is 0.465 e. The van der Waals surface area contributed by atoms with Crippen LogP contribution in [0, 0.1) is 0 Å². The monoisotopic (exact) mass is 398 g/mol. The molecule has 2 aromatic rings. The highest BCUT2D eigenvalue weighted by Crippen LogP contribution is 2.33. The third-order valence-electron chi connectivity index (χ3n) is 2.69. The zero-order valence-corrected chi connectivity index (χ0v) is 13.8. The van der Waals surface area contributed by atoms with Crippen molar-refractivity contribution in [2.24, 2.45) is 0 Å². The van der Waals surface area contributed by atoms with Crippen molar-refractivity contribution in [1.82, 2.24) is 0 Å². The van der Waals surface area contributed by atoms with E-state index in [1.165, 1.54) is 7.11 Å². The minimum Gasteiger partial charge on any atom is -0.465 e. The zero-order chi connectivity index (χ0) is 14.7. The number of halogens is 2. The number of ether oxygens (including phenoxy) is 1. The summed E-state index contributed by atoms with van der Waals surface area (Å²) < 4.78 is 6.54. The number of hydrogen-bond donors (Lipinski definition) is 2. The third kappa shape index (κ3) is 3.13. The van der Waals surface area contributed by atoms with Gasteiger partial charge in [-0.2, -0.15) is 0 Å². The van der Waals surface area contributed by atoms with E-state index in [0.717, 1.165) is 14.6 Å². The second kappa shape index (κ2) is 6.28. The van der Waals surface area contributed by atoms with Crippen LogP contribution >= 0.6 is 31.9 Å². The van der Waals surface area contributed by atoms with Crippen molar-refractivity contribution in [2.75, 3.05) is 18.2 Å². The normalized spacial score (nSPS) is 10.2. The molecule has 0 unspecified atom stereocenters. The summed E-state index contributed by atoms with van der Waals surface area (Å²) in [5.41, 5.74) is 8.13. The zero-order valence-electron chi connectivity index (χ0n) is 10.6. The molecule has 0 amide bonds. The Morgan fingerprint density at radius 3 is 2.70 bits per heavy atom. The Morgan fingerprint density at radius 1 is 1.25 bits per heavy atom. The van der Waals surface area contributed by atoms with Crippen molar-refractivity contribution in [2.45, 2.75) is 0 Å². The van der Waals surface area contributed by atoms with E-state index in [2.05, 4.69) is 37.2 Å². The van der Waals surface area contributed by atoms with Crippen molar-refractivity contribution in [3.05, 3.63) is 50.9 Å². The van der Waals surface area contributed by atoms with E-state index >= 15 is 0 Å². The smallest absolute Gasteiger partial charge is 0.340 e. The molecular weight excluding hydrogens is 388 g/mol. The lowest BCUT2D eigenvalue weighted by molar-refractivity contribution is 0.0602. The maximum atomic E-state index is 11.8. The van der Waals surface area contributed by atoms with Gasteiger partial charge in [0.25, 0.3) is 0 Å². The summed E-state index contributed by atoms with van der Waals surface area (Å²) in [6.07, 6.45) is 0. The van der Waals surface area contributed by atoms with Crippen LogP contribution < -0.4 is 11.1 Å². The number of nitrogen functional groups attached to an aromatic ring is 1. The topological polar surface area (TPSA) is 64.3 Å². The van der Waals surface area contributed by atoms with Crippen LogP contribution in [0.15, 0.2) is 45.3 Å². The summed E-state index contributed by atoms with van der Waals surface area (Å²) in [5.74, 6) is -0.439. The molecule has 0 saturated heterocycles. The van der Waals surface area contributed by atoms with Gasteiger partial charge in [0, 0.05) is 8.95 Å². The van der Waals surface area contributed by atoms with Gasteiger partial charge in [0.2, 0.25) is 0 Å². The van der Waals surface area contributed by atoms with E-state index in [1.807, 2.05) is 18.2 Å². The molecule has 3 N–H and O–H groups in total. The minimum absolute atomic E-state index is 0.388. The lowest BCUT2D eigenvalue weighted by Crippen LogP contribution is -2.08. The second-order valence-corrected chi connectivity index (χ2v) is 5.78. The molecule has 0 aliphatic carbocycles. The fourth-order valence-corrected chi connectivity index (χ4v) is 2.42. The van der Waals surface area contributed by atoms with Crippen molar-refractivity contribution < 1.29 is 9.53 Å². The number of esters is 1. The molecule has 0 aromatic heterocycles. The molecule has 6 heteroatoms. The number of carbonyl (C=O) groups excluding carboxylic acids is 1. The minimum atomic E-state index is -0.439. The number of hydrogen-bond acceptors (Lipinski definition) is 4. The molecule has 0 radical (unpaired) electrons. The van der Waals surface area contributed by atoms with Crippen LogP contribution in [-0.2, 0) is 4.74 Å². The molecule has 2 rings (SSSR count). The predicted molar refractivity (Wildman–Crippen MR) is 87.3 cm³/mol. The van der Waals surface area contributed by atoms with Crippen LogP contribution in [0.1, 0.15) is 10.4 Å². The summed E-state index contributed by atoms with van der Waals surface area (Å²) in [7, 11) is 1.34. The van der Waals surface area contributed by atoms with Gasteiger partial charge in [-0.05, 0) is 46.3 Å². The summed E-state index contributed by atoms with van der Waals surface area (Å²) >= 11 is 6.86. The van der Waals surface area contributed by atoms with Gasteiger partial charge in [-0.3, -0.25) is 0 Å². The van der Waals surface area contributed by atoms with Gasteiger partial charge >= 0.3 is 5.97 Å². The predicted octanol–water partition coefficient (Wildman–Crippen LogP) is 4.32. The molecule has 0 aliphatic heterocycles. The van der Waals surface area contributed by atoms with Gasteiger partial charge in [-0.1, -0.05) is 22.0 Å². The first-order chi connectivity index (χ1) is 9.52. The van der Waals surface area contributed by atoms with Crippen LogP contribution in [0.5, 0.6) is 0 Å². The number of para-hydroxylation sites is 1. The number of anilines is 3. The Labute approximate surface area is 133 Å². The van der Waals surface area contributed by atoms with Crippen molar-refractivity contribution >= 4 is 54.9 Å². The molecule has 20 heavy (non-hydrogen) atoms. The van der Waals surface area contributed by atoms with Crippen LogP contribution in [-0.4, -0.2) is 13.1 Å². The number of nitrogens with two attached hydrogens (primary N) is 1. The number of methoxy groups -OCH3 is 1. The Morgan fingerprint density at radius 2 is 2.00 bits per heavy atom. The Hall–Kier alpha value is -1.53. The van der Waals surface area contributed by atoms with E-state index in [0.29, 0.717) is 16.9 Å². The lowest BCUT2D eigenvalue weighted by Gasteiger charge is -2.14. The molecule has 0 bridgehead atoms. The molecule has 104 valence electrons. The summed E-state index contributed by atoms with van der Waals surface area (Å²) in [4.78, 5) is 11.8. The average Bonchev–Trinajstić information content (AvgIpc) is 2.44. The SMILES string of the molecule is COC(=O)c1cccc(N)c1Nc1cc(Br)ccc1Br. The average molecular weight is 400 g/mol. The maximum absolute atomic E-state index is 11.8. The first-order valence-electron chi connectivity index (χ1n) is 5.72. The highest BCUT2D eigenvalue weighted by atomic mass is 79.9. The van der Waals surface area contributed by atoms with Gasteiger partial charge in [0.15, 0.2) is 0 Å².